The number of carbonyl (C=O) groups is 1. The zero-order chi connectivity index (χ0) is 11.4. The average Bonchev–Trinajstić information content (AvgIpc) is 2.50. The molecule has 0 spiro atoms. The number of hydrogen-bond acceptors (Lipinski definition) is 5. The van der Waals surface area contributed by atoms with Crippen LogP contribution in [0.4, 0.5) is 5.95 Å². The summed E-state index contributed by atoms with van der Waals surface area (Å²) in [4.78, 5) is 12.7. The first kappa shape index (κ1) is 11.6. The maximum Gasteiger partial charge on any atom is 0.270 e. The molecule has 0 aliphatic carbocycles. The van der Waals surface area contributed by atoms with E-state index in [4.69, 9.17) is 5.73 Å². The third-order valence-electron chi connectivity index (χ3n) is 2.04. The molecule has 7 nitrogen and oxygen atoms in total. The van der Waals surface area contributed by atoms with E-state index in [0.29, 0.717) is 0 Å². The number of amides is 1. The third kappa shape index (κ3) is 3.62. The van der Waals surface area contributed by atoms with Crippen molar-refractivity contribution in [1.29, 1.82) is 0 Å². The highest BCUT2D eigenvalue weighted by molar-refractivity contribution is 5.89. The van der Waals surface area contributed by atoms with E-state index >= 15 is 0 Å². The largest absolute Gasteiger partial charge is 0.327 e. The highest BCUT2D eigenvalue weighted by Gasteiger charge is 2.14. The van der Waals surface area contributed by atoms with Gasteiger partial charge < -0.3 is 5.73 Å². The number of nitrogens with zero attached hydrogens (tertiary/aromatic N) is 4. The fourth-order valence-corrected chi connectivity index (χ4v) is 0.960. The van der Waals surface area contributed by atoms with Crippen molar-refractivity contribution in [2.75, 3.05) is 5.32 Å². The van der Waals surface area contributed by atoms with Gasteiger partial charge in [-0.25, -0.2) is 0 Å². The van der Waals surface area contributed by atoms with E-state index in [2.05, 4.69) is 20.7 Å². The summed E-state index contributed by atoms with van der Waals surface area (Å²) in [6.07, 6.45) is 0.260. The molecule has 0 saturated heterocycles. The molecule has 1 heterocycles. The minimum atomic E-state index is -0.191. The molecule has 1 aromatic rings. The Kier molecular flexibility index (Phi) is 3.73. The molecule has 84 valence electrons. The lowest BCUT2D eigenvalue weighted by Gasteiger charge is -2.13. The molecule has 1 aromatic heterocycles. The molecule has 1 unspecified atom stereocenters. The van der Waals surface area contributed by atoms with Gasteiger partial charge in [-0.1, -0.05) is 18.9 Å². The van der Waals surface area contributed by atoms with Crippen LogP contribution in [0.2, 0.25) is 0 Å². The molecular weight excluding hydrogens is 196 g/mol. The Morgan fingerprint density at radius 1 is 1.60 bits per heavy atom. The van der Waals surface area contributed by atoms with Crippen molar-refractivity contribution in [3.8, 4) is 0 Å². The smallest absolute Gasteiger partial charge is 0.270 e. The van der Waals surface area contributed by atoms with Gasteiger partial charge in [0, 0.05) is 12.5 Å². The Morgan fingerprint density at radius 3 is 2.73 bits per heavy atom. The number of nitrogens with two attached hydrogens (primary N) is 1. The van der Waals surface area contributed by atoms with Crippen LogP contribution in [0.1, 0.15) is 20.3 Å². The molecule has 0 aliphatic heterocycles. The molecule has 1 rings (SSSR count). The summed E-state index contributed by atoms with van der Waals surface area (Å²) in [7, 11) is 1.63. The fourth-order valence-electron chi connectivity index (χ4n) is 0.960. The molecular formula is C8H16N6O. The first-order chi connectivity index (χ1) is 6.99. The molecule has 0 radical (unpaired) electrons. The molecule has 0 saturated carbocycles. The van der Waals surface area contributed by atoms with E-state index in [1.807, 2.05) is 13.8 Å². The second-order valence-corrected chi connectivity index (χ2v) is 3.76. The van der Waals surface area contributed by atoms with Crippen molar-refractivity contribution in [2.45, 2.75) is 26.3 Å². The topological polar surface area (TPSA) is 98.7 Å². The lowest BCUT2D eigenvalue weighted by atomic mass is 10.0. The van der Waals surface area contributed by atoms with Crippen LogP contribution in [-0.2, 0) is 11.8 Å². The van der Waals surface area contributed by atoms with Crippen molar-refractivity contribution >= 4 is 11.9 Å². The monoisotopic (exact) mass is 212 g/mol. The second-order valence-electron chi connectivity index (χ2n) is 3.76. The number of carbonyl (C=O) groups excluding carboxylic acids is 1. The van der Waals surface area contributed by atoms with Crippen LogP contribution in [0.5, 0.6) is 0 Å². The van der Waals surface area contributed by atoms with Crippen molar-refractivity contribution in [3.05, 3.63) is 0 Å². The Bertz CT molecular complexity index is 334. The molecule has 3 N–H and O–H groups in total. The number of aromatic nitrogens is 4. The third-order valence-corrected chi connectivity index (χ3v) is 2.04. The Labute approximate surface area is 88.0 Å². The SMILES string of the molecule is CC(C)C(N)CC(=O)Nc1nnn(C)n1. The maximum absolute atomic E-state index is 11.4. The predicted octanol–water partition coefficient (Wildman–Crippen LogP) is -0.478. The first-order valence-corrected chi connectivity index (χ1v) is 4.78. The van der Waals surface area contributed by atoms with Crippen molar-refractivity contribution in [1.82, 2.24) is 20.2 Å². The Morgan fingerprint density at radius 2 is 2.27 bits per heavy atom. The summed E-state index contributed by atoms with van der Waals surface area (Å²) in [6, 6.07) is -0.151. The molecule has 0 bridgehead atoms. The van der Waals surface area contributed by atoms with Crippen LogP contribution in [0, 0.1) is 5.92 Å². The predicted molar refractivity (Wildman–Crippen MR) is 54.9 cm³/mol. The van der Waals surface area contributed by atoms with Crippen molar-refractivity contribution in [2.24, 2.45) is 18.7 Å². The van der Waals surface area contributed by atoms with Crippen LogP contribution >= 0.6 is 0 Å². The quantitative estimate of drug-likeness (QED) is 0.702. The van der Waals surface area contributed by atoms with Gasteiger partial charge in [0.25, 0.3) is 5.95 Å². The van der Waals surface area contributed by atoms with Crippen LogP contribution in [0.3, 0.4) is 0 Å². The lowest BCUT2D eigenvalue weighted by Crippen LogP contribution is -2.31. The lowest BCUT2D eigenvalue weighted by molar-refractivity contribution is -0.116. The van der Waals surface area contributed by atoms with E-state index in [-0.39, 0.29) is 30.2 Å². The summed E-state index contributed by atoms with van der Waals surface area (Å²) in [6.45, 7) is 3.94. The molecule has 0 aliphatic rings. The number of aryl methyl sites for hydroxylation is 1. The van der Waals surface area contributed by atoms with E-state index in [1.165, 1.54) is 4.80 Å². The Balaban J connectivity index is 2.43. The number of tetrazole rings is 1. The standard InChI is InChI=1S/C8H16N6O/c1-5(2)6(9)4-7(15)10-8-11-13-14(3)12-8/h5-6H,4,9H2,1-3H3,(H,10,12,15). The molecule has 15 heavy (non-hydrogen) atoms. The van der Waals surface area contributed by atoms with Crippen LogP contribution in [-0.4, -0.2) is 32.2 Å². The van der Waals surface area contributed by atoms with Gasteiger partial charge >= 0.3 is 0 Å². The normalized spacial score (nSPS) is 12.9. The van der Waals surface area contributed by atoms with Gasteiger partial charge in [0.2, 0.25) is 5.91 Å². The summed E-state index contributed by atoms with van der Waals surface area (Å²) in [5, 5.41) is 13.6. The van der Waals surface area contributed by atoms with Gasteiger partial charge in [-0.05, 0) is 11.1 Å². The minimum absolute atomic E-state index is 0.151. The van der Waals surface area contributed by atoms with Crippen molar-refractivity contribution < 1.29 is 4.79 Å². The van der Waals surface area contributed by atoms with Crippen LogP contribution in [0.15, 0.2) is 0 Å². The molecule has 0 fully saturated rings. The highest BCUT2D eigenvalue weighted by atomic mass is 16.1. The summed E-state index contributed by atoms with van der Waals surface area (Å²) in [5.41, 5.74) is 5.75. The maximum atomic E-state index is 11.4. The number of rotatable bonds is 4. The van der Waals surface area contributed by atoms with Gasteiger partial charge in [0.1, 0.15) is 0 Å². The molecule has 0 aromatic carbocycles. The van der Waals surface area contributed by atoms with Crippen LogP contribution in [0.25, 0.3) is 0 Å². The second kappa shape index (κ2) is 4.83. The van der Waals surface area contributed by atoms with Gasteiger partial charge in [-0.2, -0.15) is 4.80 Å². The van der Waals surface area contributed by atoms with Crippen LogP contribution < -0.4 is 11.1 Å². The fraction of sp³-hybridized carbons (Fsp3) is 0.750. The number of anilines is 1. The summed E-state index contributed by atoms with van der Waals surface area (Å²) in [5.74, 6) is 0.285. The highest BCUT2D eigenvalue weighted by Crippen LogP contribution is 2.04. The zero-order valence-electron chi connectivity index (χ0n) is 9.14. The van der Waals surface area contributed by atoms with Gasteiger partial charge in [-0.15, -0.1) is 5.10 Å². The molecule has 1 amide bonds. The minimum Gasteiger partial charge on any atom is -0.327 e. The van der Waals surface area contributed by atoms with Gasteiger partial charge in [0.05, 0.1) is 7.05 Å². The summed E-state index contributed by atoms with van der Waals surface area (Å²) < 4.78 is 0. The van der Waals surface area contributed by atoms with E-state index < -0.39 is 0 Å². The van der Waals surface area contributed by atoms with Gasteiger partial charge in [0.15, 0.2) is 0 Å². The zero-order valence-corrected chi connectivity index (χ0v) is 9.14. The number of hydrogen-bond donors (Lipinski definition) is 2. The average molecular weight is 212 g/mol. The van der Waals surface area contributed by atoms with Crippen molar-refractivity contribution in [3.63, 3.8) is 0 Å². The molecule has 7 heteroatoms. The van der Waals surface area contributed by atoms with Gasteiger partial charge in [-0.3, -0.25) is 10.1 Å². The first-order valence-electron chi connectivity index (χ1n) is 4.78. The van der Waals surface area contributed by atoms with E-state index in [9.17, 15) is 4.79 Å². The number of nitrogens with one attached hydrogen (secondary N) is 1. The van der Waals surface area contributed by atoms with E-state index in [0.717, 1.165) is 0 Å². The summed E-state index contributed by atoms with van der Waals surface area (Å²) >= 11 is 0. The molecule has 1 atom stereocenters. The Hall–Kier alpha value is -1.50. The van der Waals surface area contributed by atoms with E-state index in [1.54, 1.807) is 7.05 Å².